The molecule has 0 saturated heterocycles. The molecule has 30 heavy (non-hydrogen) atoms. The van der Waals surface area contributed by atoms with Crippen LogP contribution in [0.15, 0.2) is 91.0 Å². The fourth-order valence-electron chi connectivity index (χ4n) is 4.45. The van der Waals surface area contributed by atoms with Crippen LogP contribution in [0.25, 0.3) is 0 Å². The maximum atomic E-state index is 5.81. The molecule has 148 valence electrons. The molecule has 0 aromatic heterocycles. The number of hydrogen-bond acceptors (Lipinski definition) is 2. The maximum absolute atomic E-state index is 5.81. The zero-order valence-electron chi connectivity index (χ0n) is 17.2. The molecule has 0 fully saturated rings. The van der Waals surface area contributed by atoms with Crippen LogP contribution in [0.5, 0.6) is 0 Å². The summed E-state index contributed by atoms with van der Waals surface area (Å²) in [6, 6.07) is 32.3. The molecule has 1 aliphatic rings. The first-order valence-corrected chi connectivity index (χ1v) is 10.4. The molecular weight excluding hydrogens is 364 g/mol. The van der Waals surface area contributed by atoms with Crippen LogP contribution in [-0.2, 0) is 18.3 Å². The van der Waals surface area contributed by atoms with Crippen molar-refractivity contribution in [1.82, 2.24) is 0 Å². The van der Waals surface area contributed by atoms with Gasteiger partial charge in [-0.1, -0.05) is 66.7 Å². The number of fused-ring (bicyclic) bond motifs is 1. The molecule has 0 saturated carbocycles. The summed E-state index contributed by atoms with van der Waals surface area (Å²) < 4.78 is 0. The second kappa shape index (κ2) is 7.07. The molecule has 1 aliphatic carbocycles. The van der Waals surface area contributed by atoms with Crippen LogP contribution in [0.2, 0.25) is 0 Å². The summed E-state index contributed by atoms with van der Waals surface area (Å²) in [5, 5.41) is 0. The van der Waals surface area contributed by atoms with E-state index in [0.717, 1.165) is 24.2 Å². The van der Waals surface area contributed by atoms with Gasteiger partial charge in [-0.25, -0.2) is 0 Å². The van der Waals surface area contributed by atoms with Crippen molar-refractivity contribution in [3.63, 3.8) is 0 Å². The topological polar surface area (TPSA) is 52.0 Å². The lowest BCUT2D eigenvalue weighted by atomic mass is 9.92. The van der Waals surface area contributed by atoms with Gasteiger partial charge in [-0.2, -0.15) is 0 Å². The Bertz CT molecular complexity index is 1190. The lowest BCUT2D eigenvalue weighted by Gasteiger charge is -2.11. The van der Waals surface area contributed by atoms with E-state index in [1.54, 1.807) is 0 Å². The van der Waals surface area contributed by atoms with Crippen LogP contribution in [0.4, 0.5) is 11.4 Å². The van der Waals surface area contributed by atoms with E-state index in [1.807, 2.05) is 24.3 Å². The van der Waals surface area contributed by atoms with Crippen LogP contribution < -0.4 is 11.5 Å². The fraction of sp³-hybridized carbons (Fsp3) is 0.143. The molecule has 0 bridgehead atoms. The summed E-state index contributed by atoms with van der Waals surface area (Å²) in [5.41, 5.74) is 22.8. The third-order valence-corrected chi connectivity index (χ3v) is 6.41. The van der Waals surface area contributed by atoms with Crippen LogP contribution in [0, 0.1) is 0 Å². The zero-order valence-corrected chi connectivity index (χ0v) is 17.2. The highest BCUT2D eigenvalue weighted by molar-refractivity contribution is 5.67. The Labute approximate surface area is 178 Å². The van der Waals surface area contributed by atoms with Crippen molar-refractivity contribution in [3.8, 4) is 0 Å². The first kappa shape index (κ1) is 18.5. The quantitative estimate of drug-likeness (QED) is 0.430. The molecule has 0 heterocycles. The molecule has 4 aromatic carbocycles. The monoisotopic (exact) mass is 390 g/mol. The fourth-order valence-corrected chi connectivity index (χ4v) is 4.45. The van der Waals surface area contributed by atoms with E-state index in [2.05, 4.69) is 73.7 Å². The minimum atomic E-state index is 0.0408. The molecule has 2 nitrogen and oxygen atoms in total. The van der Waals surface area contributed by atoms with Crippen molar-refractivity contribution in [2.24, 2.45) is 0 Å². The van der Waals surface area contributed by atoms with Crippen molar-refractivity contribution in [2.75, 3.05) is 11.5 Å². The summed E-state index contributed by atoms with van der Waals surface area (Å²) in [4.78, 5) is 0. The van der Waals surface area contributed by atoms with Gasteiger partial charge in [0, 0.05) is 16.8 Å². The Morgan fingerprint density at radius 2 is 0.967 bits per heavy atom. The second-order valence-corrected chi connectivity index (χ2v) is 8.54. The molecule has 0 spiro atoms. The van der Waals surface area contributed by atoms with Gasteiger partial charge < -0.3 is 11.5 Å². The Hall–Kier alpha value is -3.52. The summed E-state index contributed by atoms with van der Waals surface area (Å²) >= 11 is 0. The highest BCUT2D eigenvalue weighted by Crippen LogP contribution is 2.54. The lowest BCUT2D eigenvalue weighted by Crippen LogP contribution is -2.04. The molecular formula is C28H26N2. The molecule has 5 rings (SSSR count). The van der Waals surface area contributed by atoms with Crippen LogP contribution in [-0.4, -0.2) is 0 Å². The summed E-state index contributed by atoms with van der Waals surface area (Å²) in [6.07, 6.45) is 1.86. The van der Waals surface area contributed by atoms with Gasteiger partial charge >= 0.3 is 0 Å². The smallest absolute Gasteiger partial charge is 0.0429 e. The number of benzene rings is 4. The number of nitrogen functional groups attached to an aromatic ring is 2. The first-order valence-electron chi connectivity index (χ1n) is 10.4. The number of rotatable bonds is 5. The molecule has 1 atom stereocenters. The van der Waals surface area contributed by atoms with Crippen molar-refractivity contribution >= 4 is 11.4 Å². The van der Waals surface area contributed by atoms with Crippen LogP contribution >= 0.6 is 0 Å². The first-order chi connectivity index (χ1) is 14.5. The normalized spacial score (nSPS) is 16.8. The average Bonchev–Trinajstić information content (AvgIpc) is 3.36. The Morgan fingerprint density at radius 1 is 0.533 bits per heavy atom. The van der Waals surface area contributed by atoms with E-state index in [1.165, 1.54) is 38.9 Å². The molecule has 4 aromatic rings. The van der Waals surface area contributed by atoms with Gasteiger partial charge in [-0.05, 0) is 83.0 Å². The summed E-state index contributed by atoms with van der Waals surface area (Å²) in [7, 11) is 0. The Balaban J connectivity index is 1.32. The lowest BCUT2D eigenvalue weighted by molar-refractivity contribution is 0.851. The zero-order chi connectivity index (χ0) is 20.7. The van der Waals surface area contributed by atoms with Crippen molar-refractivity contribution < 1.29 is 0 Å². The van der Waals surface area contributed by atoms with Crippen molar-refractivity contribution in [2.45, 2.75) is 25.2 Å². The molecule has 1 unspecified atom stereocenters. The van der Waals surface area contributed by atoms with Gasteiger partial charge in [0.2, 0.25) is 0 Å². The van der Waals surface area contributed by atoms with Crippen molar-refractivity contribution in [1.29, 1.82) is 0 Å². The maximum Gasteiger partial charge on any atom is 0.0429 e. The van der Waals surface area contributed by atoms with E-state index in [9.17, 15) is 0 Å². The Morgan fingerprint density at radius 3 is 1.50 bits per heavy atom. The molecule has 0 radical (unpaired) electrons. The second-order valence-electron chi connectivity index (χ2n) is 8.54. The minimum Gasteiger partial charge on any atom is -0.399 e. The third kappa shape index (κ3) is 3.35. The van der Waals surface area contributed by atoms with Gasteiger partial charge in [-0.15, -0.1) is 0 Å². The van der Waals surface area contributed by atoms with E-state index >= 15 is 0 Å². The number of nitrogens with two attached hydrogens (primary N) is 2. The summed E-state index contributed by atoms with van der Waals surface area (Å²) in [5.74, 6) is 0. The molecule has 0 amide bonds. The van der Waals surface area contributed by atoms with Gasteiger partial charge in [0.15, 0.2) is 0 Å². The standard InChI is InChI=1S/C28H26N2/c1-28(23-9-2-19(3-10-23)16-20-4-11-24(29)12-5-20)26-15-8-22(18-27(26)28)17-21-6-13-25(30)14-7-21/h2-15,18H,16-17,29-30H2,1H3. The summed E-state index contributed by atoms with van der Waals surface area (Å²) in [6.45, 7) is 2.33. The number of anilines is 2. The van der Waals surface area contributed by atoms with Gasteiger partial charge in [0.25, 0.3) is 0 Å². The predicted octanol–water partition coefficient (Wildman–Crippen LogP) is 5.70. The third-order valence-electron chi connectivity index (χ3n) is 6.41. The van der Waals surface area contributed by atoms with Crippen molar-refractivity contribution in [3.05, 3.63) is 130 Å². The van der Waals surface area contributed by atoms with Crippen LogP contribution in [0.3, 0.4) is 0 Å². The van der Waals surface area contributed by atoms with E-state index in [-0.39, 0.29) is 5.41 Å². The molecule has 2 heteroatoms. The van der Waals surface area contributed by atoms with Gasteiger partial charge in [0.05, 0.1) is 0 Å². The highest BCUT2D eigenvalue weighted by Gasteiger charge is 2.47. The average molecular weight is 391 g/mol. The highest BCUT2D eigenvalue weighted by atomic mass is 14.5. The molecule has 4 N–H and O–H groups in total. The van der Waals surface area contributed by atoms with E-state index in [0.29, 0.717) is 0 Å². The van der Waals surface area contributed by atoms with Gasteiger partial charge in [0.1, 0.15) is 0 Å². The van der Waals surface area contributed by atoms with E-state index < -0.39 is 0 Å². The SMILES string of the molecule is CC1(c2ccc(Cc3ccc(N)cc3)cc2)c2ccc(Cc3ccc(N)cc3)cc21. The minimum absolute atomic E-state index is 0.0408. The van der Waals surface area contributed by atoms with Gasteiger partial charge in [-0.3, -0.25) is 0 Å². The molecule has 0 aliphatic heterocycles. The van der Waals surface area contributed by atoms with Crippen LogP contribution in [0.1, 0.15) is 45.9 Å². The number of hydrogen-bond donors (Lipinski definition) is 2. The Kier molecular flexibility index (Phi) is 4.36. The van der Waals surface area contributed by atoms with E-state index in [4.69, 9.17) is 11.5 Å². The largest absolute Gasteiger partial charge is 0.399 e. The predicted molar refractivity (Wildman–Crippen MR) is 126 cm³/mol.